The summed E-state index contributed by atoms with van der Waals surface area (Å²) < 4.78 is 17.9. The Morgan fingerprint density at radius 1 is 1.44 bits per heavy atom. The fourth-order valence-electron chi connectivity index (χ4n) is 1.34. The molecule has 0 spiro atoms. The van der Waals surface area contributed by atoms with Gasteiger partial charge in [0.1, 0.15) is 11.4 Å². The Bertz CT molecular complexity index is 429. The zero-order valence-electron chi connectivity index (χ0n) is 10.7. The highest BCUT2D eigenvalue weighted by Crippen LogP contribution is 2.17. The van der Waals surface area contributed by atoms with E-state index in [-0.39, 0.29) is 5.82 Å². The van der Waals surface area contributed by atoms with E-state index in [1.165, 1.54) is 12.1 Å². The Morgan fingerprint density at radius 2 is 2.11 bits per heavy atom. The SMILES string of the molecule is CC(C)(C)OC(=O)NCCc1ccc(F)cc1Cl. The topological polar surface area (TPSA) is 38.3 Å². The summed E-state index contributed by atoms with van der Waals surface area (Å²) in [5, 5.41) is 2.98. The molecule has 0 aliphatic carbocycles. The third-order valence-electron chi connectivity index (χ3n) is 2.08. The molecule has 1 aromatic carbocycles. The average Bonchev–Trinajstić information content (AvgIpc) is 2.18. The molecule has 0 aliphatic rings. The third kappa shape index (κ3) is 5.36. The number of amides is 1. The standard InChI is InChI=1S/C13H17ClFNO2/c1-13(2,3)18-12(17)16-7-6-9-4-5-10(15)8-11(9)14/h4-5,8H,6-7H2,1-3H3,(H,16,17). The summed E-state index contributed by atoms with van der Waals surface area (Å²) in [5.41, 5.74) is 0.270. The molecule has 5 heteroatoms. The van der Waals surface area contributed by atoms with E-state index in [4.69, 9.17) is 16.3 Å². The molecule has 0 atom stereocenters. The van der Waals surface area contributed by atoms with Gasteiger partial charge >= 0.3 is 6.09 Å². The minimum atomic E-state index is -0.516. The van der Waals surface area contributed by atoms with E-state index in [9.17, 15) is 9.18 Å². The lowest BCUT2D eigenvalue weighted by Crippen LogP contribution is -2.33. The second kappa shape index (κ2) is 6.05. The van der Waals surface area contributed by atoms with Crippen molar-refractivity contribution in [3.8, 4) is 0 Å². The number of carbonyl (C=O) groups is 1. The molecule has 1 amide bonds. The maximum absolute atomic E-state index is 12.8. The highest BCUT2D eigenvalue weighted by Gasteiger charge is 2.15. The highest BCUT2D eigenvalue weighted by atomic mass is 35.5. The van der Waals surface area contributed by atoms with Crippen molar-refractivity contribution in [3.05, 3.63) is 34.6 Å². The number of hydrogen-bond acceptors (Lipinski definition) is 2. The summed E-state index contributed by atoms with van der Waals surface area (Å²) in [4.78, 5) is 11.4. The number of benzene rings is 1. The van der Waals surface area contributed by atoms with Crippen LogP contribution in [0.2, 0.25) is 5.02 Å². The molecule has 0 bridgehead atoms. The van der Waals surface area contributed by atoms with Crippen LogP contribution in [0.15, 0.2) is 18.2 Å². The summed E-state index contributed by atoms with van der Waals surface area (Å²) in [6.07, 6.45) is 0.0546. The molecule has 1 N–H and O–H groups in total. The minimum Gasteiger partial charge on any atom is -0.444 e. The number of rotatable bonds is 3. The maximum Gasteiger partial charge on any atom is 0.407 e. The van der Waals surface area contributed by atoms with Crippen LogP contribution in [-0.4, -0.2) is 18.2 Å². The van der Waals surface area contributed by atoms with Gasteiger partial charge in [0.05, 0.1) is 0 Å². The van der Waals surface area contributed by atoms with Gasteiger partial charge < -0.3 is 10.1 Å². The molecule has 0 saturated heterocycles. The molecule has 18 heavy (non-hydrogen) atoms. The van der Waals surface area contributed by atoms with Gasteiger partial charge in [-0.25, -0.2) is 9.18 Å². The van der Waals surface area contributed by atoms with Crippen LogP contribution in [0.3, 0.4) is 0 Å². The Balaban J connectivity index is 2.40. The number of carbonyl (C=O) groups excluding carboxylic acids is 1. The van der Waals surface area contributed by atoms with Gasteiger partial charge in [-0.3, -0.25) is 0 Å². The predicted molar refractivity (Wildman–Crippen MR) is 69.4 cm³/mol. The number of alkyl carbamates (subject to hydrolysis) is 1. The van der Waals surface area contributed by atoms with E-state index >= 15 is 0 Å². The molecule has 0 heterocycles. The van der Waals surface area contributed by atoms with Crippen LogP contribution in [0.1, 0.15) is 26.3 Å². The van der Waals surface area contributed by atoms with Crippen molar-refractivity contribution in [1.82, 2.24) is 5.32 Å². The number of nitrogens with one attached hydrogen (secondary N) is 1. The fraction of sp³-hybridized carbons (Fsp3) is 0.462. The first-order valence-corrected chi connectivity index (χ1v) is 6.06. The van der Waals surface area contributed by atoms with Gasteiger partial charge in [-0.15, -0.1) is 0 Å². The Morgan fingerprint density at radius 3 is 2.67 bits per heavy atom. The van der Waals surface area contributed by atoms with Crippen molar-refractivity contribution in [1.29, 1.82) is 0 Å². The van der Waals surface area contributed by atoms with E-state index in [1.807, 2.05) is 0 Å². The van der Waals surface area contributed by atoms with Gasteiger partial charge in [-0.05, 0) is 44.9 Å². The van der Waals surface area contributed by atoms with Gasteiger partial charge in [-0.2, -0.15) is 0 Å². The smallest absolute Gasteiger partial charge is 0.407 e. The zero-order valence-corrected chi connectivity index (χ0v) is 11.5. The Labute approximate surface area is 111 Å². The molecule has 1 aromatic rings. The molecule has 100 valence electrons. The van der Waals surface area contributed by atoms with E-state index in [0.29, 0.717) is 18.0 Å². The highest BCUT2D eigenvalue weighted by molar-refractivity contribution is 6.31. The molecular weight excluding hydrogens is 257 g/mol. The second-order valence-corrected chi connectivity index (χ2v) is 5.32. The van der Waals surface area contributed by atoms with Gasteiger partial charge in [-0.1, -0.05) is 17.7 Å². The van der Waals surface area contributed by atoms with Crippen molar-refractivity contribution in [2.75, 3.05) is 6.54 Å². The van der Waals surface area contributed by atoms with Crippen molar-refractivity contribution < 1.29 is 13.9 Å². The van der Waals surface area contributed by atoms with Gasteiger partial charge in [0.15, 0.2) is 0 Å². The van der Waals surface area contributed by atoms with Crippen molar-refractivity contribution >= 4 is 17.7 Å². The van der Waals surface area contributed by atoms with Crippen molar-refractivity contribution in [3.63, 3.8) is 0 Å². The molecule has 1 rings (SSSR count). The third-order valence-corrected chi connectivity index (χ3v) is 2.43. The van der Waals surface area contributed by atoms with Crippen LogP contribution >= 0.6 is 11.6 Å². The molecule has 0 aliphatic heterocycles. The largest absolute Gasteiger partial charge is 0.444 e. The normalized spacial score (nSPS) is 11.2. The van der Waals surface area contributed by atoms with Crippen LogP contribution in [0, 0.1) is 5.82 Å². The quantitative estimate of drug-likeness (QED) is 0.915. The molecule has 3 nitrogen and oxygen atoms in total. The van der Waals surface area contributed by atoms with E-state index in [2.05, 4.69) is 5.32 Å². The van der Waals surface area contributed by atoms with Crippen LogP contribution < -0.4 is 5.32 Å². The number of halogens is 2. The van der Waals surface area contributed by atoms with Crippen LogP contribution in [0.5, 0.6) is 0 Å². The molecule has 0 saturated carbocycles. The molecular formula is C13H17ClFNO2. The molecule has 0 radical (unpaired) electrons. The summed E-state index contributed by atoms with van der Waals surface area (Å²) in [6, 6.07) is 4.20. The second-order valence-electron chi connectivity index (χ2n) is 4.91. The predicted octanol–water partition coefficient (Wildman–Crippen LogP) is 3.55. The lowest BCUT2D eigenvalue weighted by Gasteiger charge is -2.19. The fourth-order valence-corrected chi connectivity index (χ4v) is 1.60. The number of ether oxygens (including phenoxy) is 1. The Hall–Kier alpha value is -1.29. The molecule has 0 aromatic heterocycles. The summed E-state index contributed by atoms with van der Waals surface area (Å²) >= 11 is 5.87. The molecule has 0 fully saturated rings. The maximum atomic E-state index is 12.8. The van der Waals surface area contributed by atoms with Crippen molar-refractivity contribution in [2.45, 2.75) is 32.8 Å². The lowest BCUT2D eigenvalue weighted by atomic mass is 10.1. The van der Waals surface area contributed by atoms with E-state index in [1.54, 1.807) is 26.8 Å². The van der Waals surface area contributed by atoms with E-state index in [0.717, 1.165) is 5.56 Å². The number of hydrogen-bond donors (Lipinski definition) is 1. The van der Waals surface area contributed by atoms with Gasteiger partial charge in [0, 0.05) is 11.6 Å². The summed E-state index contributed by atoms with van der Waals surface area (Å²) in [7, 11) is 0. The first-order valence-electron chi connectivity index (χ1n) is 5.69. The van der Waals surface area contributed by atoms with Crippen LogP contribution in [0.4, 0.5) is 9.18 Å². The monoisotopic (exact) mass is 273 g/mol. The van der Waals surface area contributed by atoms with Crippen LogP contribution in [0.25, 0.3) is 0 Å². The Kier molecular flexibility index (Phi) is 4.96. The summed E-state index contributed by atoms with van der Waals surface area (Å²) in [5.74, 6) is -0.371. The average molecular weight is 274 g/mol. The van der Waals surface area contributed by atoms with Crippen molar-refractivity contribution in [2.24, 2.45) is 0 Å². The summed E-state index contributed by atoms with van der Waals surface area (Å²) in [6.45, 7) is 5.77. The van der Waals surface area contributed by atoms with Gasteiger partial charge in [0.2, 0.25) is 0 Å². The minimum absolute atomic E-state index is 0.362. The molecule has 0 unspecified atom stereocenters. The first-order chi connectivity index (χ1) is 8.28. The zero-order chi connectivity index (χ0) is 13.8. The van der Waals surface area contributed by atoms with Gasteiger partial charge in [0.25, 0.3) is 0 Å². The van der Waals surface area contributed by atoms with E-state index < -0.39 is 11.7 Å². The van der Waals surface area contributed by atoms with Crippen LogP contribution in [-0.2, 0) is 11.2 Å². The lowest BCUT2D eigenvalue weighted by molar-refractivity contribution is 0.0528. The first kappa shape index (κ1) is 14.8.